The summed E-state index contributed by atoms with van der Waals surface area (Å²) in [6.07, 6.45) is 2.08. The highest BCUT2D eigenvalue weighted by Crippen LogP contribution is 2.34. The van der Waals surface area contributed by atoms with Crippen LogP contribution in [0.5, 0.6) is 0 Å². The predicted octanol–water partition coefficient (Wildman–Crippen LogP) is 6.21. The number of likely N-dealkylation sites (tertiary alicyclic amines) is 1. The number of halogens is 3. The van der Waals surface area contributed by atoms with Crippen LogP contribution in [0.1, 0.15) is 34.5 Å². The zero-order valence-corrected chi connectivity index (χ0v) is 19.6. The van der Waals surface area contributed by atoms with Crippen LogP contribution in [0.25, 0.3) is 22.0 Å². The van der Waals surface area contributed by atoms with Crippen molar-refractivity contribution in [2.45, 2.75) is 25.4 Å². The summed E-state index contributed by atoms with van der Waals surface area (Å²) in [4.78, 5) is 24.0. The number of carbonyl (C=O) groups excluding carboxylic acids is 1. The quantitative estimate of drug-likeness (QED) is 0.349. The summed E-state index contributed by atoms with van der Waals surface area (Å²) < 4.78 is 39.7. The van der Waals surface area contributed by atoms with Gasteiger partial charge in [0.2, 0.25) is 0 Å². The molecule has 0 bridgehead atoms. The Bertz CT molecular complexity index is 1380. The van der Waals surface area contributed by atoms with Crippen LogP contribution in [0.4, 0.5) is 18.9 Å². The fraction of sp³-hybridized carbons (Fsp3) is 0.250. The Labute approximate surface area is 207 Å². The molecule has 2 aromatic heterocycles. The van der Waals surface area contributed by atoms with Gasteiger partial charge in [0.15, 0.2) is 0 Å². The SMILES string of the molecule is O=C(Nc1ccc(CCN2CCCC2)cc1)c1ccc2cncc(-c3cccc(C(F)(F)F)c3)c2n1. The molecule has 3 heterocycles. The average Bonchev–Trinajstić information content (AvgIpc) is 3.41. The monoisotopic (exact) mass is 490 g/mol. The molecular formula is C28H25F3N4O. The second-order valence-electron chi connectivity index (χ2n) is 8.98. The van der Waals surface area contributed by atoms with E-state index < -0.39 is 17.6 Å². The third-order valence-corrected chi connectivity index (χ3v) is 6.46. The molecule has 5 nitrogen and oxygen atoms in total. The van der Waals surface area contributed by atoms with Crippen LogP contribution >= 0.6 is 0 Å². The summed E-state index contributed by atoms with van der Waals surface area (Å²) in [5.74, 6) is -0.395. The van der Waals surface area contributed by atoms with Gasteiger partial charge in [-0.05, 0) is 79.9 Å². The second kappa shape index (κ2) is 10.1. The maximum absolute atomic E-state index is 13.2. The number of carbonyl (C=O) groups is 1. The molecule has 1 aliphatic rings. The van der Waals surface area contributed by atoms with E-state index in [1.54, 1.807) is 24.4 Å². The first kappa shape index (κ1) is 23.9. The number of nitrogens with one attached hydrogen (secondary N) is 1. The minimum Gasteiger partial charge on any atom is -0.321 e. The normalized spacial score (nSPS) is 14.3. The molecule has 36 heavy (non-hydrogen) atoms. The van der Waals surface area contributed by atoms with Crippen molar-refractivity contribution in [2.24, 2.45) is 0 Å². The van der Waals surface area contributed by atoms with Gasteiger partial charge in [-0.3, -0.25) is 9.78 Å². The van der Waals surface area contributed by atoms with Crippen LogP contribution in [-0.2, 0) is 12.6 Å². The number of nitrogens with zero attached hydrogens (tertiary/aromatic N) is 3. The smallest absolute Gasteiger partial charge is 0.321 e. The van der Waals surface area contributed by atoms with Gasteiger partial charge >= 0.3 is 6.18 Å². The number of fused-ring (bicyclic) bond motifs is 1. The van der Waals surface area contributed by atoms with Crippen LogP contribution in [0.2, 0.25) is 0 Å². The highest BCUT2D eigenvalue weighted by Gasteiger charge is 2.30. The number of hydrogen-bond acceptors (Lipinski definition) is 4. The lowest BCUT2D eigenvalue weighted by atomic mass is 10.0. The van der Waals surface area contributed by atoms with Crippen molar-refractivity contribution in [2.75, 3.05) is 25.0 Å². The first-order valence-electron chi connectivity index (χ1n) is 11.9. The number of benzene rings is 2. The standard InChI is InChI=1S/C28H25F3N4O/c29-28(30,31)22-5-3-4-20(16-22)24-18-32-17-21-8-11-25(34-26(21)24)27(36)33-23-9-6-19(7-10-23)12-15-35-13-1-2-14-35/h3-11,16-18H,1-2,12-15H2,(H,33,36). The van der Waals surface area contributed by atoms with E-state index in [-0.39, 0.29) is 5.69 Å². The minimum absolute atomic E-state index is 0.167. The molecule has 1 amide bonds. The number of aromatic nitrogens is 2. The van der Waals surface area contributed by atoms with Crippen molar-refractivity contribution >= 4 is 22.5 Å². The zero-order chi connectivity index (χ0) is 25.1. The number of amides is 1. The van der Waals surface area contributed by atoms with E-state index in [4.69, 9.17) is 0 Å². The van der Waals surface area contributed by atoms with E-state index in [9.17, 15) is 18.0 Å². The van der Waals surface area contributed by atoms with Crippen molar-refractivity contribution in [1.82, 2.24) is 14.9 Å². The molecule has 0 saturated carbocycles. The lowest BCUT2D eigenvalue weighted by Crippen LogP contribution is -2.21. The molecule has 1 saturated heterocycles. The highest BCUT2D eigenvalue weighted by atomic mass is 19.4. The summed E-state index contributed by atoms with van der Waals surface area (Å²) in [5, 5.41) is 3.49. The Balaban J connectivity index is 1.35. The summed E-state index contributed by atoms with van der Waals surface area (Å²) in [7, 11) is 0. The van der Waals surface area contributed by atoms with Crippen molar-refractivity contribution in [1.29, 1.82) is 0 Å². The molecule has 5 rings (SSSR count). The minimum atomic E-state index is -4.46. The number of pyridine rings is 2. The molecule has 2 aromatic carbocycles. The third kappa shape index (κ3) is 5.39. The molecule has 1 N–H and O–H groups in total. The van der Waals surface area contributed by atoms with Crippen molar-refractivity contribution in [3.8, 4) is 11.1 Å². The van der Waals surface area contributed by atoms with E-state index in [2.05, 4.69) is 20.2 Å². The molecular weight excluding hydrogens is 465 g/mol. The Morgan fingerprint density at radius 2 is 1.75 bits per heavy atom. The molecule has 8 heteroatoms. The molecule has 0 unspecified atom stereocenters. The van der Waals surface area contributed by atoms with Crippen LogP contribution in [0.15, 0.2) is 73.1 Å². The van der Waals surface area contributed by atoms with E-state index in [0.29, 0.717) is 27.7 Å². The van der Waals surface area contributed by atoms with Gasteiger partial charge in [-0.1, -0.05) is 24.3 Å². The molecule has 0 spiro atoms. The van der Waals surface area contributed by atoms with Gasteiger partial charge in [-0.25, -0.2) is 4.98 Å². The fourth-order valence-corrected chi connectivity index (χ4v) is 4.49. The predicted molar refractivity (Wildman–Crippen MR) is 134 cm³/mol. The van der Waals surface area contributed by atoms with E-state index in [0.717, 1.165) is 25.1 Å². The summed E-state index contributed by atoms with van der Waals surface area (Å²) >= 11 is 0. The Hall–Kier alpha value is -3.78. The maximum atomic E-state index is 13.2. The largest absolute Gasteiger partial charge is 0.416 e. The second-order valence-corrected chi connectivity index (χ2v) is 8.98. The van der Waals surface area contributed by atoms with Gasteiger partial charge < -0.3 is 10.2 Å². The highest BCUT2D eigenvalue weighted by molar-refractivity contribution is 6.05. The van der Waals surface area contributed by atoms with E-state index in [1.807, 2.05) is 24.3 Å². The molecule has 4 aromatic rings. The Morgan fingerprint density at radius 3 is 2.50 bits per heavy atom. The number of alkyl halides is 3. The first-order valence-corrected chi connectivity index (χ1v) is 11.9. The molecule has 0 atom stereocenters. The zero-order valence-electron chi connectivity index (χ0n) is 19.6. The molecule has 0 aliphatic carbocycles. The number of anilines is 1. The van der Waals surface area contributed by atoms with Gasteiger partial charge in [0.25, 0.3) is 5.91 Å². The molecule has 1 aliphatic heterocycles. The van der Waals surface area contributed by atoms with Crippen LogP contribution in [0.3, 0.4) is 0 Å². The Kier molecular flexibility index (Phi) is 6.69. The van der Waals surface area contributed by atoms with Gasteiger partial charge in [0.1, 0.15) is 5.69 Å². The van der Waals surface area contributed by atoms with E-state index >= 15 is 0 Å². The van der Waals surface area contributed by atoms with Gasteiger partial charge in [-0.15, -0.1) is 0 Å². The van der Waals surface area contributed by atoms with Crippen LogP contribution < -0.4 is 5.32 Å². The Morgan fingerprint density at radius 1 is 0.972 bits per heavy atom. The molecule has 0 radical (unpaired) electrons. The van der Waals surface area contributed by atoms with Gasteiger partial charge in [0, 0.05) is 35.6 Å². The van der Waals surface area contributed by atoms with Crippen LogP contribution in [-0.4, -0.2) is 40.4 Å². The van der Waals surface area contributed by atoms with Crippen molar-refractivity contribution < 1.29 is 18.0 Å². The molecule has 1 fully saturated rings. The summed E-state index contributed by atoms with van der Waals surface area (Å²) in [6, 6.07) is 16.1. The van der Waals surface area contributed by atoms with E-state index in [1.165, 1.54) is 43.8 Å². The van der Waals surface area contributed by atoms with Gasteiger partial charge in [-0.2, -0.15) is 13.2 Å². The fourth-order valence-electron chi connectivity index (χ4n) is 4.49. The summed E-state index contributed by atoms with van der Waals surface area (Å²) in [6.45, 7) is 3.37. The van der Waals surface area contributed by atoms with Crippen molar-refractivity contribution in [3.63, 3.8) is 0 Å². The lowest BCUT2D eigenvalue weighted by molar-refractivity contribution is -0.137. The maximum Gasteiger partial charge on any atom is 0.416 e. The topological polar surface area (TPSA) is 58.1 Å². The number of rotatable bonds is 6. The third-order valence-electron chi connectivity index (χ3n) is 6.46. The average molecular weight is 491 g/mol. The van der Waals surface area contributed by atoms with Crippen molar-refractivity contribution in [3.05, 3.63) is 89.9 Å². The number of hydrogen-bond donors (Lipinski definition) is 1. The first-order chi connectivity index (χ1) is 17.4. The van der Waals surface area contributed by atoms with Gasteiger partial charge in [0.05, 0.1) is 11.1 Å². The van der Waals surface area contributed by atoms with Crippen LogP contribution in [0, 0.1) is 0 Å². The lowest BCUT2D eigenvalue weighted by Gasteiger charge is -2.14. The summed E-state index contributed by atoms with van der Waals surface area (Å²) in [5.41, 5.74) is 2.44. The molecule has 184 valence electrons.